The van der Waals surface area contributed by atoms with Crippen molar-refractivity contribution >= 4 is 46.0 Å². The van der Waals surface area contributed by atoms with Gasteiger partial charge in [-0.25, -0.2) is 11.6 Å². The summed E-state index contributed by atoms with van der Waals surface area (Å²) in [5.74, 6) is -0.419. The maximum Gasteiger partial charge on any atom is 0.302 e. The molecule has 34 heavy (non-hydrogen) atoms. The molecule has 1 aliphatic heterocycles. The van der Waals surface area contributed by atoms with Crippen LogP contribution in [0, 0.1) is 6.57 Å². The minimum Gasteiger partial charge on any atom is -0.495 e. The molecule has 0 radical (unpaired) electrons. The number of benzene rings is 2. The van der Waals surface area contributed by atoms with E-state index in [1.54, 1.807) is 37.3 Å². The number of para-hydroxylation sites is 2. The number of esters is 1. The molecule has 1 heterocycles. The van der Waals surface area contributed by atoms with Crippen molar-refractivity contribution in [3.8, 4) is 5.75 Å². The van der Waals surface area contributed by atoms with E-state index >= 15 is 0 Å². The standard InChI is InChI=1S/C25H24ClN3O4S/c1-15-21(24(31)29-19-11-7-8-12-20(19)32-4)22(17-9-5-6-10-18(17)26)23(27-3)25(28-15)34-14-13-33-16(2)30/h5-12,22-23H,13-14H2,1-2,4H3,(H,29,31). The lowest BCUT2D eigenvalue weighted by Crippen LogP contribution is -2.34. The Morgan fingerprint density at radius 1 is 1.21 bits per heavy atom. The van der Waals surface area contributed by atoms with Crippen LogP contribution in [-0.2, 0) is 14.3 Å². The molecular formula is C25H24ClN3O4S. The highest BCUT2D eigenvalue weighted by Gasteiger charge is 2.43. The zero-order chi connectivity index (χ0) is 24.7. The van der Waals surface area contributed by atoms with Crippen molar-refractivity contribution in [3.63, 3.8) is 0 Å². The number of nitrogens with one attached hydrogen (secondary N) is 1. The third kappa shape index (κ3) is 5.79. The van der Waals surface area contributed by atoms with Gasteiger partial charge in [0.15, 0.2) is 5.04 Å². The third-order valence-corrected chi connectivity index (χ3v) is 6.51. The molecule has 1 aliphatic rings. The molecule has 0 fully saturated rings. The number of aliphatic imine (C=N–C) groups is 1. The number of thioether (sulfide) groups is 1. The summed E-state index contributed by atoms with van der Waals surface area (Å²) in [6, 6.07) is 13.5. The van der Waals surface area contributed by atoms with Crippen molar-refractivity contribution in [1.82, 2.24) is 0 Å². The maximum absolute atomic E-state index is 13.5. The Hall–Kier alpha value is -3.28. The van der Waals surface area contributed by atoms with Crippen molar-refractivity contribution in [2.24, 2.45) is 4.99 Å². The van der Waals surface area contributed by atoms with Crippen LogP contribution in [0.3, 0.4) is 0 Å². The number of hydrogen-bond donors (Lipinski definition) is 1. The number of halogens is 1. The number of amides is 1. The lowest BCUT2D eigenvalue weighted by Gasteiger charge is -2.28. The van der Waals surface area contributed by atoms with Gasteiger partial charge in [-0.05, 0) is 30.7 Å². The molecule has 9 heteroatoms. The number of carbonyl (C=O) groups is 2. The smallest absolute Gasteiger partial charge is 0.302 e. The molecule has 7 nitrogen and oxygen atoms in total. The molecule has 3 rings (SSSR count). The van der Waals surface area contributed by atoms with E-state index in [4.69, 9.17) is 27.6 Å². The van der Waals surface area contributed by atoms with Gasteiger partial charge in [-0.3, -0.25) is 9.59 Å². The molecule has 0 saturated carbocycles. The van der Waals surface area contributed by atoms with Crippen molar-refractivity contribution < 1.29 is 19.1 Å². The Morgan fingerprint density at radius 3 is 2.59 bits per heavy atom. The summed E-state index contributed by atoms with van der Waals surface area (Å²) >= 11 is 7.87. The van der Waals surface area contributed by atoms with Crippen LogP contribution in [0.15, 0.2) is 64.8 Å². The zero-order valence-electron chi connectivity index (χ0n) is 19.0. The molecule has 0 saturated heterocycles. The van der Waals surface area contributed by atoms with Crippen molar-refractivity contribution in [2.45, 2.75) is 25.8 Å². The fourth-order valence-electron chi connectivity index (χ4n) is 3.69. The Kier molecular flexibility index (Phi) is 8.74. The van der Waals surface area contributed by atoms with Gasteiger partial charge in [0.05, 0.1) is 24.3 Å². The number of nitrogens with zero attached hydrogens (tertiary/aromatic N) is 2. The maximum atomic E-state index is 13.5. The summed E-state index contributed by atoms with van der Waals surface area (Å²) in [7, 11) is 1.53. The van der Waals surface area contributed by atoms with Crippen LogP contribution in [0.5, 0.6) is 5.75 Å². The first-order chi connectivity index (χ1) is 16.4. The van der Waals surface area contributed by atoms with Gasteiger partial charge in [-0.2, -0.15) is 0 Å². The fraction of sp³-hybridized carbons (Fsp3) is 0.280. The van der Waals surface area contributed by atoms with E-state index in [2.05, 4.69) is 15.2 Å². The van der Waals surface area contributed by atoms with Crippen LogP contribution >= 0.6 is 23.4 Å². The van der Waals surface area contributed by atoms with Gasteiger partial charge in [-0.15, -0.1) is 0 Å². The summed E-state index contributed by atoms with van der Waals surface area (Å²) in [5.41, 5.74) is 2.04. The topological polar surface area (TPSA) is 81.3 Å². The number of ether oxygens (including phenoxy) is 2. The Bertz CT molecular complexity index is 1190. The van der Waals surface area contributed by atoms with Gasteiger partial charge in [0, 0.05) is 23.4 Å². The Morgan fingerprint density at radius 2 is 1.91 bits per heavy atom. The number of hydrogen-bond acceptors (Lipinski definition) is 6. The molecular weight excluding hydrogens is 474 g/mol. The molecule has 2 aromatic carbocycles. The van der Waals surface area contributed by atoms with Gasteiger partial charge in [-0.1, -0.05) is 53.7 Å². The zero-order valence-corrected chi connectivity index (χ0v) is 20.6. The van der Waals surface area contributed by atoms with E-state index in [-0.39, 0.29) is 18.5 Å². The summed E-state index contributed by atoms with van der Waals surface area (Å²) in [6.07, 6.45) is 0. The van der Waals surface area contributed by atoms with E-state index in [1.165, 1.54) is 25.8 Å². The van der Waals surface area contributed by atoms with Crippen molar-refractivity contribution in [3.05, 3.63) is 81.8 Å². The van der Waals surface area contributed by atoms with Crippen molar-refractivity contribution in [2.75, 3.05) is 24.8 Å². The average molecular weight is 498 g/mol. The minimum absolute atomic E-state index is 0.199. The molecule has 2 unspecified atom stereocenters. The highest BCUT2D eigenvalue weighted by molar-refractivity contribution is 8.14. The number of rotatable bonds is 7. The monoisotopic (exact) mass is 497 g/mol. The van der Waals surface area contributed by atoms with Crippen LogP contribution in [0.4, 0.5) is 5.69 Å². The van der Waals surface area contributed by atoms with E-state index < -0.39 is 12.0 Å². The van der Waals surface area contributed by atoms with Crippen LogP contribution in [-0.4, -0.2) is 42.4 Å². The minimum atomic E-state index is -0.760. The molecule has 2 atom stereocenters. The third-order valence-electron chi connectivity index (χ3n) is 5.17. The van der Waals surface area contributed by atoms with Gasteiger partial charge < -0.3 is 19.6 Å². The molecule has 0 aliphatic carbocycles. The van der Waals surface area contributed by atoms with E-state index in [0.717, 1.165) is 0 Å². The molecule has 0 spiro atoms. The van der Waals surface area contributed by atoms with Crippen molar-refractivity contribution in [1.29, 1.82) is 0 Å². The molecule has 176 valence electrons. The Labute approximate surface area is 208 Å². The molecule has 0 aromatic heterocycles. The van der Waals surface area contributed by atoms with Crippen LogP contribution in [0.1, 0.15) is 25.3 Å². The number of carbonyl (C=O) groups excluding carboxylic acids is 2. The van der Waals surface area contributed by atoms with Crippen LogP contribution in [0.25, 0.3) is 4.85 Å². The molecule has 1 amide bonds. The highest BCUT2D eigenvalue weighted by Crippen LogP contribution is 2.42. The van der Waals surface area contributed by atoms with Crippen LogP contribution < -0.4 is 10.1 Å². The number of allylic oxidation sites excluding steroid dienone is 1. The summed E-state index contributed by atoms with van der Waals surface area (Å²) in [6.45, 7) is 11.2. The quantitative estimate of drug-likeness (QED) is 0.317. The normalized spacial score (nSPS) is 17.4. The second-order valence-corrected chi connectivity index (χ2v) is 8.89. The number of methoxy groups -OCH3 is 1. The first-order valence-electron chi connectivity index (χ1n) is 10.5. The lowest BCUT2D eigenvalue weighted by atomic mass is 9.82. The van der Waals surface area contributed by atoms with E-state index in [1.807, 2.05) is 18.2 Å². The van der Waals surface area contributed by atoms with Crippen LogP contribution in [0.2, 0.25) is 5.02 Å². The predicted octanol–water partition coefficient (Wildman–Crippen LogP) is 5.34. The van der Waals surface area contributed by atoms with Gasteiger partial charge in [0.2, 0.25) is 0 Å². The second kappa shape index (κ2) is 11.7. The summed E-state index contributed by atoms with van der Waals surface area (Å²) < 4.78 is 10.4. The summed E-state index contributed by atoms with van der Waals surface area (Å²) in [5, 5.41) is 3.92. The SMILES string of the molecule is [C-]#[N+]C1C(SCCOC(C)=O)=NC(C)=C(C(=O)Nc2ccccc2OC)C1c1ccccc1Cl. The highest BCUT2D eigenvalue weighted by atomic mass is 35.5. The Balaban J connectivity index is 2.03. The van der Waals surface area contributed by atoms with Gasteiger partial charge in [0.1, 0.15) is 12.4 Å². The van der Waals surface area contributed by atoms with Gasteiger partial charge >= 0.3 is 5.97 Å². The molecule has 0 bridgehead atoms. The second-order valence-electron chi connectivity index (χ2n) is 7.37. The van der Waals surface area contributed by atoms with E-state index in [0.29, 0.717) is 44.1 Å². The predicted molar refractivity (Wildman–Crippen MR) is 135 cm³/mol. The first kappa shape index (κ1) is 25.3. The fourth-order valence-corrected chi connectivity index (χ4v) is 4.88. The largest absolute Gasteiger partial charge is 0.495 e. The summed E-state index contributed by atoms with van der Waals surface area (Å²) in [4.78, 5) is 33.1. The van der Waals surface area contributed by atoms with E-state index in [9.17, 15) is 9.59 Å². The first-order valence-corrected chi connectivity index (χ1v) is 11.8. The number of anilines is 1. The average Bonchev–Trinajstić information content (AvgIpc) is 2.82. The molecule has 2 aromatic rings. The molecule has 1 N–H and O–H groups in total. The van der Waals surface area contributed by atoms with Gasteiger partial charge in [0.25, 0.3) is 11.9 Å². The lowest BCUT2D eigenvalue weighted by molar-refractivity contribution is -0.140.